The molecule has 0 aliphatic rings. The van der Waals surface area contributed by atoms with Gasteiger partial charge in [0, 0.05) is 23.5 Å². The van der Waals surface area contributed by atoms with Crippen molar-refractivity contribution in [2.24, 2.45) is 0 Å². The molecule has 66 valence electrons. The van der Waals surface area contributed by atoms with Crippen LogP contribution >= 0.6 is 12.6 Å². The number of fused-ring (bicyclic) bond motifs is 1. The molecule has 0 saturated carbocycles. The molecule has 0 unspecified atom stereocenters. The van der Waals surface area contributed by atoms with E-state index in [1.54, 1.807) is 0 Å². The standard InChI is InChI=1S/C10H10N2S/c13-5-1-2-8-6-9-3-4-11-10(9)12-7-8/h1-4,6-7,13H,5H2,(H,11,12). The average molecular weight is 190 g/mol. The zero-order chi connectivity index (χ0) is 9.10. The number of hydrogen-bond acceptors (Lipinski definition) is 2. The van der Waals surface area contributed by atoms with Crippen LogP contribution in [-0.2, 0) is 0 Å². The first kappa shape index (κ1) is 8.38. The summed E-state index contributed by atoms with van der Waals surface area (Å²) in [5.74, 6) is 0.755. The van der Waals surface area contributed by atoms with Crippen LogP contribution in [0.5, 0.6) is 0 Å². The van der Waals surface area contributed by atoms with Gasteiger partial charge in [0.05, 0.1) is 0 Å². The van der Waals surface area contributed by atoms with Crippen molar-refractivity contribution in [1.82, 2.24) is 9.97 Å². The van der Waals surface area contributed by atoms with E-state index >= 15 is 0 Å². The Morgan fingerprint density at radius 3 is 3.31 bits per heavy atom. The maximum absolute atomic E-state index is 4.26. The molecule has 0 bridgehead atoms. The smallest absolute Gasteiger partial charge is 0.137 e. The van der Waals surface area contributed by atoms with Crippen LogP contribution in [-0.4, -0.2) is 15.7 Å². The number of pyridine rings is 1. The number of aromatic amines is 1. The SMILES string of the molecule is SCC=Cc1cnc2[nH]ccc2c1. The number of rotatable bonds is 2. The minimum Gasteiger partial charge on any atom is -0.346 e. The van der Waals surface area contributed by atoms with Crippen LogP contribution in [0.25, 0.3) is 17.1 Å². The normalized spacial score (nSPS) is 11.5. The average Bonchev–Trinajstić information content (AvgIpc) is 2.61. The zero-order valence-electron chi connectivity index (χ0n) is 7.07. The molecule has 2 aromatic rings. The van der Waals surface area contributed by atoms with Crippen LogP contribution in [0.4, 0.5) is 0 Å². The van der Waals surface area contributed by atoms with E-state index < -0.39 is 0 Å². The van der Waals surface area contributed by atoms with Crippen molar-refractivity contribution < 1.29 is 0 Å². The number of aromatic nitrogens is 2. The first-order valence-electron chi connectivity index (χ1n) is 4.10. The summed E-state index contributed by atoms with van der Waals surface area (Å²) in [6, 6.07) is 4.11. The Labute approximate surface area is 82.1 Å². The number of nitrogens with one attached hydrogen (secondary N) is 1. The minimum absolute atomic E-state index is 0.755. The van der Waals surface area contributed by atoms with Crippen LogP contribution in [0, 0.1) is 0 Å². The monoisotopic (exact) mass is 190 g/mol. The Bertz CT molecular complexity index is 431. The van der Waals surface area contributed by atoms with Gasteiger partial charge in [0.25, 0.3) is 0 Å². The molecule has 0 fully saturated rings. The Hall–Kier alpha value is -1.22. The maximum Gasteiger partial charge on any atom is 0.137 e. The van der Waals surface area contributed by atoms with E-state index in [1.807, 2.05) is 30.6 Å². The molecule has 0 atom stereocenters. The molecular weight excluding hydrogens is 180 g/mol. The summed E-state index contributed by atoms with van der Waals surface area (Å²) in [5, 5.41) is 1.14. The maximum atomic E-state index is 4.26. The Kier molecular flexibility index (Phi) is 2.36. The Morgan fingerprint density at radius 1 is 1.54 bits per heavy atom. The second-order valence-electron chi connectivity index (χ2n) is 2.77. The topological polar surface area (TPSA) is 28.7 Å². The lowest BCUT2D eigenvalue weighted by molar-refractivity contribution is 1.32. The molecule has 1 N–H and O–H groups in total. The van der Waals surface area contributed by atoms with Crippen molar-refractivity contribution in [3.63, 3.8) is 0 Å². The van der Waals surface area contributed by atoms with Gasteiger partial charge in [-0.25, -0.2) is 4.98 Å². The van der Waals surface area contributed by atoms with E-state index in [1.165, 1.54) is 0 Å². The molecule has 3 heteroatoms. The van der Waals surface area contributed by atoms with Gasteiger partial charge in [-0.15, -0.1) is 0 Å². The lowest BCUT2D eigenvalue weighted by Crippen LogP contribution is -1.78. The molecule has 2 aromatic heterocycles. The lowest BCUT2D eigenvalue weighted by Gasteiger charge is -1.92. The molecule has 0 aliphatic heterocycles. The minimum atomic E-state index is 0.755. The van der Waals surface area contributed by atoms with Crippen LogP contribution in [0.3, 0.4) is 0 Å². The van der Waals surface area contributed by atoms with Crippen LogP contribution in [0.15, 0.2) is 30.6 Å². The van der Waals surface area contributed by atoms with Gasteiger partial charge >= 0.3 is 0 Å². The second-order valence-corrected chi connectivity index (χ2v) is 3.13. The predicted octanol–water partition coefficient (Wildman–Crippen LogP) is 2.51. The van der Waals surface area contributed by atoms with E-state index in [4.69, 9.17) is 0 Å². The van der Waals surface area contributed by atoms with E-state index in [-0.39, 0.29) is 0 Å². The molecule has 0 amide bonds. The van der Waals surface area contributed by atoms with Gasteiger partial charge in [-0.3, -0.25) is 0 Å². The summed E-state index contributed by atoms with van der Waals surface area (Å²) in [4.78, 5) is 7.31. The van der Waals surface area contributed by atoms with Crippen molar-refractivity contribution in [2.75, 3.05) is 5.75 Å². The molecule has 0 aliphatic carbocycles. The van der Waals surface area contributed by atoms with Crippen molar-refractivity contribution in [3.05, 3.63) is 36.2 Å². The summed E-state index contributed by atoms with van der Waals surface area (Å²) >= 11 is 4.10. The van der Waals surface area contributed by atoms with Gasteiger partial charge < -0.3 is 4.98 Å². The van der Waals surface area contributed by atoms with Crippen LogP contribution in [0.2, 0.25) is 0 Å². The molecule has 0 spiro atoms. The van der Waals surface area contributed by atoms with E-state index in [2.05, 4.69) is 28.7 Å². The highest BCUT2D eigenvalue weighted by atomic mass is 32.1. The second kappa shape index (κ2) is 3.66. The van der Waals surface area contributed by atoms with Crippen LogP contribution < -0.4 is 0 Å². The van der Waals surface area contributed by atoms with Crippen molar-refractivity contribution in [1.29, 1.82) is 0 Å². The first-order chi connectivity index (χ1) is 6.40. The van der Waals surface area contributed by atoms with Gasteiger partial charge in [0.15, 0.2) is 0 Å². The third-order valence-electron chi connectivity index (χ3n) is 1.84. The zero-order valence-corrected chi connectivity index (χ0v) is 7.96. The Balaban J connectivity index is 2.42. The van der Waals surface area contributed by atoms with E-state index in [9.17, 15) is 0 Å². The fourth-order valence-electron chi connectivity index (χ4n) is 1.24. The highest BCUT2D eigenvalue weighted by molar-refractivity contribution is 7.80. The highest BCUT2D eigenvalue weighted by Crippen LogP contribution is 2.12. The highest BCUT2D eigenvalue weighted by Gasteiger charge is 1.94. The third-order valence-corrected chi connectivity index (χ3v) is 2.05. The van der Waals surface area contributed by atoms with E-state index in [0.29, 0.717) is 0 Å². The van der Waals surface area contributed by atoms with Crippen molar-refractivity contribution >= 4 is 29.7 Å². The quantitative estimate of drug-likeness (QED) is 0.700. The van der Waals surface area contributed by atoms with Gasteiger partial charge in [-0.2, -0.15) is 12.6 Å². The fourth-order valence-corrected chi connectivity index (χ4v) is 1.34. The molecule has 0 aromatic carbocycles. The van der Waals surface area contributed by atoms with Gasteiger partial charge in [0.1, 0.15) is 5.65 Å². The Morgan fingerprint density at radius 2 is 2.46 bits per heavy atom. The summed E-state index contributed by atoms with van der Waals surface area (Å²) in [6.07, 6.45) is 7.76. The first-order valence-corrected chi connectivity index (χ1v) is 4.74. The molecule has 13 heavy (non-hydrogen) atoms. The van der Waals surface area contributed by atoms with Gasteiger partial charge in [-0.05, 0) is 17.7 Å². The predicted molar refractivity (Wildman–Crippen MR) is 59.0 cm³/mol. The molecule has 2 heterocycles. The summed E-state index contributed by atoms with van der Waals surface area (Å²) < 4.78 is 0. The molecular formula is C10H10N2S. The molecule has 2 nitrogen and oxygen atoms in total. The lowest BCUT2D eigenvalue weighted by atomic mass is 10.2. The van der Waals surface area contributed by atoms with E-state index in [0.717, 1.165) is 22.3 Å². The number of thiol groups is 1. The number of H-pyrrole nitrogens is 1. The molecule has 2 rings (SSSR count). The summed E-state index contributed by atoms with van der Waals surface area (Å²) in [6.45, 7) is 0. The van der Waals surface area contributed by atoms with Gasteiger partial charge in [-0.1, -0.05) is 12.2 Å². The summed E-state index contributed by atoms with van der Waals surface area (Å²) in [5.41, 5.74) is 2.05. The molecule has 0 saturated heterocycles. The van der Waals surface area contributed by atoms with Crippen molar-refractivity contribution in [2.45, 2.75) is 0 Å². The third kappa shape index (κ3) is 1.75. The number of nitrogens with zero attached hydrogens (tertiary/aromatic N) is 1. The largest absolute Gasteiger partial charge is 0.346 e. The molecule has 0 radical (unpaired) electrons. The number of hydrogen-bond donors (Lipinski definition) is 2. The van der Waals surface area contributed by atoms with Gasteiger partial charge in [0.2, 0.25) is 0 Å². The van der Waals surface area contributed by atoms with Crippen LogP contribution in [0.1, 0.15) is 5.56 Å². The fraction of sp³-hybridized carbons (Fsp3) is 0.100. The van der Waals surface area contributed by atoms with Crippen molar-refractivity contribution in [3.8, 4) is 0 Å². The summed E-state index contributed by atoms with van der Waals surface area (Å²) in [7, 11) is 0.